The Kier molecular flexibility index (Phi) is 8.18. The molecule has 0 fully saturated rings. The number of halogens is 3. The second-order valence-corrected chi connectivity index (χ2v) is 10.0. The maximum absolute atomic E-state index is 11.4. The van der Waals surface area contributed by atoms with Gasteiger partial charge in [0, 0.05) is 31.2 Å². The standard InChI is InChI=1S/C24H19Cl3N4O3S/c1-15-28-29-24(31(15)20-8-6-18(25)7-9-20)35-23(13-30(32)33)16-3-10-21(11-4-16)34-14-17-2-5-19(26)12-22(17)27/h2-12,23H,13-14H2,1H3/t23-/m1/s1. The highest BCUT2D eigenvalue weighted by molar-refractivity contribution is 7.99. The molecule has 35 heavy (non-hydrogen) atoms. The van der Waals surface area contributed by atoms with Gasteiger partial charge in [0.25, 0.3) is 0 Å². The molecule has 0 bridgehead atoms. The second kappa shape index (κ2) is 11.3. The van der Waals surface area contributed by atoms with Gasteiger partial charge in [0.1, 0.15) is 23.4 Å². The molecule has 4 rings (SSSR count). The van der Waals surface area contributed by atoms with Crippen molar-refractivity contribution in [2.45, 2.75) is 23.9 Å². The van der Waals surface area contributed by atoms with E-state index in [4.69, 9.17) is 39.5 Å². The monoisotopic (exact) mass is 548 g/mol. The van der Waals surface area contributed by atoms with Crippen molar-refractivity contribution in [2.24, 2.45) is 0 Å². The first-order valence-corrected chi connectivity index (χ1v) is 12.4. The minimum absolute atomic E-state index is 0.270. The van der Waals surface area contributed by atoms with Crippen molar-refractivity contribution in [2.75, 3.05) is 6.54 Å². The summed E-state index contributed by atoms with van der Waals surface area (Å²) in [6, 6.07) is 19.7. The van der Waals surface area contributed by atoms with Crippen LogP contribution in [0.15, 0.2) is 71.9 Å². The van der Waals surface area contributed by atoms with Crippen molar-refractivity contribution in [1.29, 1.82) is 0 Å². The Labute approximate surface area is 221 Å². The van der Waals surface area contributed by atoms with Gasteiger partial charge in [-0.2, -0.15) is 0 Å². The van der Waals surface area contributed by atoms with Crippen molar-refractivity contribution in [3.8, 4) is 11.4 Å². The number of hydrogen-bond donors (Lipinski definition) is 0. The smallest absolute Gasteiger partial charge is 0.220 e. The zero-order valence-corrected chi connectivity index (χ0v) is 21.5. The third-order valence-corrected chi connectivity index (χ3v) is 7.12. The Bertz CT molecular complexity index is 1330. The summed E-state index contributed by atoms with van der Waals surface area (Å²) < 4.78 is 7.68. The van der Waals surface area contributed by atoms with Gasteiger partial charge in [0.05, 0.1) is 0 Å². The number of nitrogens with zero attached hydrogens (tertiary/aromatic N) is 4. The van der Waals surface area contributed by atoms with E-state index in [1.165, 1.54) is 11.8 Å². The molecule has 3 aromatic carbocycles. The van der Waals surface area contributed by atoms with Crippen LogP contribution in [0, 0.1) is 17.0 Å². The first-order chi connectivity index (χ1) is 16.8. The molecular weight excluding hydrogens is 531 g/mol. The zero-order valence-electron chi connectivity index (χ0n) is 18.4. The highest BCUT2D eigenvalue weighted by Gasteiger charge is 2.24. The molecular formula is C24H19Cl3N4O3S. The van der Waals surface area contributed by atoms with E-state index in [0.717, 1.165) is 16.8 Å². The lowest BCUT2D eigenvalue weighted by atomic mass is 10.1. The Hall–Kier alpha value is -2.78. The van der Waals surface area contributed by atoms with E-state index in [1.54, 1.807) is 36.4 Å². The molecule has 0 radical (unpaired) electrons. The fourth-order valence-corrected chi connectivity index (χ4v) is 5.12. The number of hydrogen-bond acceptors (Lipinski definition) is 6. The van der Waals surface area contributed by atoms with Crippen LogP contribution in [0.4, 0.5) is 0 Å². The highest BCUT2D eigenvalue weighted by atomic mass is 35.5. The van der Waals surface area contributed by atoms with Gasteiger partial charge in [-0.3, -0.25) is 14.7 Å². The van der Waals surface area contributed by atoms with E-state index in [1.807, 2.05) is 41.8 Å². The predicted molar refractivity (Wildman–Crippen MR) is 139 cm³/mol. The molecule has 0 aliphatic heterocycles. The van der Waals surface area contributed by atoms with Crippen molar-refractivity contribution < 1.29 is 9.66 Å². The van der Waals surface area contributed by atoms with Crippen molar-refractivity contribution in [1.82, 2.24) is 14.8 Å². The van der Waals surface area contributed by atoms with E-state index in [0.29, 0.717) is 31.8 Å². The summed E-state index contributed by atoms with van der Waals surface area (Å²) in [6.45, 7) is 1.82. The van der Waals surface area contributed by atoms with Gasteiger partial charge in [-0.05, 0) is 61.0 Å². The maximum atomic E-state index is 11.4. The van der Waals surface area contributed by atoms with E-state index in [-0.39, 0.29) is 18.1 Å². The maximum Gasteiger partial charge on any atom is 0.220 e. The molecule has 0 aliphatic rings. The van der Waals surface area contributed by atoms with Crippen molar-refractivity contribution in [3.63, 3.8) is 0 Å². The number of ether oxygens (including phenoxy) is 1. The van der Waals surface area contributed by atoms with E-state index in [9.17, 15) is 10.1 Å². The quantitative estimate of drug-likeness (QED) is 0.124. The Morgan fingerprint density at radius 3 is 2.34 bits per heavy atom. The average molecular weight is 550 g/mol. The van der Waals surface area contributed by atoms with Crippen LogP contribution in [0.2, 0.25) is 15.1 Å². The first-order valence-electron chi connectivity index (χ1n) is 10.4. The van der Waals surface area contributed by atoms with E-state index in [2.05, 4.69) is 10.2 Å². The van der Waals surface area contributed by atoms with E-state index >= 15 is 0 Å². The van der Waals surface area contributed by atoms with Crippen LogP contribution in [0.3, 0.4) is 0 Å². The third-order valence-electron chi connectivity index (χ3n) is 5.10. The molecule has 7 nitrogen and oxygen atoms in total. The molecule has 1 aromatic heterocycles. The summed E-state index contributed by atoms with van der Waals surface area (Å²) in [5, 5.41) is 21.6. The molecule has 1 atom stereocenters. The highest BCUT2D eigenvalue weighted by Crippen LogP contribution is 2.36. The summed E-state index contributed by atoms with van der Waals surface area (Å²) in [4.78, 5) is 11.1. The molecule has 0 spiro atoms. The number of aromatic nitrogens is 3. The fraction of sp³-hybridized carbons (Fsp3) is 0.167. The van der Waals surface area contributed by atoms with Crippen LogP contribution in [0.1, 0.15) is 22.2 Å². The lowest BCUT2D eigenvalue weighted by molar-refractivity contribution is -0.479. The Morgan fingerprint density at radius 1 is 1.00 bits per heavy atom. The predicted octanol–water partition coefficient (Wildman–Crippen LogP) is 7.23. The van der Waals surface area contributed by atoms with Gasteiger partial charge in [-0.25, -0.2) is 0 Å². The summed E-state index contributed by atoms with van der Waals surface area (Å²) in [5.41, 5.74) is 2.40. The largest absolute Gasteiger partial charge is 0.489 e. The molecule has 1 heterocycles. The average Bonchev–Trinajstić information content (AvgIpc) is 3.18. The number of benzene rings is 3. The van der Waals surface area contributed by atoms with Crippen LogP contribution in [-0.2, 0) is 6.61 Å². The van der Waals surface area contributed by atoms with Crippen LogP contribution in [0.25, 0.3) is 5.69 Å². The van der Waals surface area contributed by atoms with Gasteiger partial charge in [-0.15, -0.1) is 10.2 Å². The molecule has 0 N–H and O–H groups in total. The molecule has 11 heteroatoms. The number of rotatable bonds is 9. The molecule has 0 amide bonds. The Balaban J connectivity index is 1.52. The van der Waals surface area contributed by atoms with Crippen molar-refractivity contribution in [3.05, 3.63) is 109 Å². The summed E-state index contributed by atoms with van der Waals surface area (Å²) >= 11 is 19.4. The number of nitro groups is 1. The van der Waals surface area contributed by atoms with Gasteiger partial charge in [0.2, 0.25) is 6.54 Å². The lowest BCUT2D eigenvalue weighted by Crippen LogP contribution is -2.11. The van der Waals surface area contributed by atoms with Crippen molar-refractivity contribution >= 4 is 46.6 Å². The van der Waals surface area contributed by atoms with Gasteiger partial charge in [0.15, 0.2) is 5.16 Å². The number of thioether (sulfide) groups is 1. The van der Waals surface area contributed by atoms with Gasteiger partial charge < -0.3 is 4.74 Å². The summed E-state index contributed by atoms with van der Waals surface area (Å²) in [6.07, 6.45) is 0. The van der Waals surface area contributed by atoms with Crippen LogP contribution >= 0.6 is 46.6 Å². The normalized spacial score (nSPS) is 11.9. The molecule has 0 saturated carbocycles. The third kappa shape index (κ3) is 6.46. The Morgan fingerprint density at radius 2 is 1.69 bits per heavy atom. The molecule has 0 unspecified atom stereocenters. The summed E-state index contributed by atoms with van der Waals surface area (Å²) in [5.74, 6) is 1.28. The van der Waals surface area contributed by atoms with Crippen LogP contribution in [0.5, 0.6) is 5.75 Å². The van der Waals surface area contributed by atoms with Crippen LogP contribution < -0.4 is 4.74 Å². The number of aryl methyl sites for hydroxylation is 1. The lowest BCUT2D eigenvalue weighted by Gasteiger charge is -2.15. The SMILES string of the molecule is Cc1nnc(S[C@H](C[N+](=O)[O-])c2ccc(OCc3ccc(Cl)cc3Cl)cc2)n1-c1ccc(Cl)cc1. The van der Waals surface area contributed by atoms with E-state index < -0.39 is 5.25 Å². The zero-order chi connectivity index (χ0) is 24.9. The molecule has 0 aliphatic carbocycles. The summed E-state index contributed by atoms with van der Waals surface area (Å²) in [7, 11) is 0. The molecule has 4 aromatic rings. The first kappa shape index (κ1) is 25.3. The minimum Gasteiger partial charge on any atom is -0.489 e. The topological polar surface area (TPSA) is 83.1 Å². The van der Waals surface area contributed by atoms with Gasteiger partial charge >= 0.3 is 0 Å². The van der Waals surface area contributed by atoms with Crippen LogP contribution in [-0.4, -0.2) is 26.2 Å². The fourth-order valence-electron chi connectivity index (χ4n) is 3.36. The molecule has 180 valence electrons. The second-order valence-electron chi connectivity index (χ2n) is 7.56. The van der Waals surface area contributed by atoms with Gasteiger partial charge in [-0.1, -0.05) is 64.8 Å². The minimum atomic E-state index is -0.487. The molecule has 0 saturated heterocycles.